The molecule has 1 aromatic heterocycles. The van der Waals surface area contributed by atoms with Gasteiger partial charge in [-0.05, 0) is 20.8 Å². The number of nitrogens with zero attached hydrogens (tertiary/aromatic N) is 2. The topological polar surface area (TPSA) is 82.2 Å². The molecule has 0 fully saturated rings. The standard InChI is InChI=1S/C10H16N4O2S/c1-10(2,3)16-9(15)13-6-5-12-14(4)7(6)8(11)17/h5H,1-4H3,(H2,11,17)(H,13,15). The number of nitrogens with two attached hydrogens (primary N) is 1. The van der Waals surface area contributed by atoms with Crippen molar-refractivity contribution < 1.29 is 9.53 Å². The minimum atomic E-state index is -0.567. The third-order valence-corrected chi connectivity index (χ3v) is 2.00. The minimum absolute atomic E-state index is 0.163. The van der Waals surface area contributed by atoms with E-state index in [2.05, 4.69) is 10.4 Å². The fourth-order valence-electron chi connectivity index (χ4n) is 1.23. The second-order valence-corrected chi connectivity index (χ2v) is 4.96. The Bertz CT molecular complexity index is 448. The number of aryl methyl sites for hydroxylation is 1. The molecular formula is C10H16N4O2S. The van der Waals surface area contributed by atoms with E-state index >= 15 is 0 Å². The van der Waals surface area contributed by atoms with E-state index in [1.54, 1.807) is 27.8 Å². The zero-order valence-corrected chi connectivity index (χ0v) is 11.1. The van der Waals surface area contributed by atoms with Gasteiger partial charge in [-0.3, -0.25) is 10.00 Å². The third-order valence-electron chi connectivity index (χ3n) is 1.81. The van der Waals surface area contributed by atoms with E-state index in [0.29, 0.717) is 11.4 Å². The smallest absolute Gasteiger partial charge is 0.412 e. The number of hydrogen-bond donors (Lipinski definition) is 2. The van der Waals surface area contributed by atoms with Crippen molar-refractivity contribution in [3.63, 3.8) is 0 Å². The third kappa shape index (κ3) is 3.70. The molecule has 94 valence electrons. The molecule has 0 spiro atoms. The largest absolute Gasteiger partial charge is 0.444 e. The van der Waals surface area contributed by atoms with Crippen molar-refractivity contribution in [3.05, 3.63) is 11.9 Å². The molecule has 0 aliphatic carbocycles. The lowest BCUT2D eigenvalue weighted by molar-refractivity contribution is 0.0636. The number of thiocarbonyl (C=S) groups is 1. The molecule has 0 bridgehead atoms. The minimum Gasteiger partial charge on any atom is -0.444 e. The quantitative estimate of drug-likeness (QED) is 0.782. The first kappa shape index (κ1) is 13.4. The van der Waals surface area contributed by atoms with Crippen LogP contribution in [-0.2, 0) is 11.8 Å². The van der Waals surface area contributed by atoms with Crippen molar-refractivity contribution in [2.75, 3.05) is 5.32 Å². The SMILES string of the molecule is Cn1ncc(NC(=O)OC(C)(C)C)c1C(N)=S. The van der Waals surface area contributed by atoms with Gasteiger partial charge >= 0.3 is 6.09 Å². The Morgan fingerprint density at radius 1 is 1.59 bits per heavy atom. The summed E-state index contributed by atoms with van der Waals surface area (Å²) in [6.07, 6.45) is 0.904. The molecule has 7 heteroatoms. The number of rotatable bonds is 2. The van der Waals surface area contributed by atoms with Crippen molar-refractivity contribution in [2.24, 2.45) is 12.8 Å². The summed E-state index contributed by atoms with van der Waals surface area (Å²) in [7, 11) is 1.69. The van der Waals surface area contributed by atoms with Crippen LogP contribution in [-0.4, -0.2) is 26.5 Å². The van der Waals surface area contributed by atoms with Crippen LogP contribution in [0.2, 0.25) is 0 Å². The van der Waals surface area contributed by atoms with E-state index in [1.807, 2.05) is 0 Å². The van der Waals surface area contributed by atoms with E-state index < -0.39 is 11.7 Å². The first-order valence-electron chi connectivity index (χ1n) is 5.02. The molecule has 6 nitrogen and oxygen atoms in total. The van der Waals surface area contributed by atoms with Crippen molar-refractivity contribution in [2.45, 2.75) is 26.4 Å². The number of amides is 1. The molecule has 1 amide bonds. The molecule has 0 unspecified atom stereocenters. The van der Waals surface area contributed by atoms with Gasteiger partial charge in [0.15, 0.2) is 0 Å². The maximum absolute atomic E-state index is 11.6. The summed E-state index contributed by atoms with van der Waals surface area (Å²) in [5.41, 5.74) is 5.91. The first-order chi connectivity index (χ1) is 7.70. The van der Waals surface area contributed by atoms with E-state index in [4.69, 9.17) is 22.7 Å². The Hall–Kier alpha value is -1.63. The van der Waals surface area contributed by atoms with Crippen LogP contribution in [0.1, 0.15) is 26.5 Å². The Morgan fingerprint density at radius 3 is 2.65 bits per heavy atom. The average molecular weight is 256 g/mol. The Labute approximate surface area is 105 Å². The summed E-state index contributed by atoms with van der Waals surface area (Å²) in [4.78, 5) is 11.7. The van der Waals surface area contributed by atoms with Gasteiger partial charge < -0.3 is 10.5 Å². The molecule has 0 saturated heterocycles. The molecule has 3 N–H and O–H groups in total. The number of carbonyl (C=O) groups excluding carboxylic acids is 1. The van der Waals surface area contributed by atoms with Crippen LogP contribution in [0, 0.1) is 0 Å². The number of ether oxygens (including phenoxy) is 1. The predicted octanol–water partition coefficient (Wildman–Crippen LogP) is 1.40. The van der Waals surface area contributed by atoms with Gasteiger partial charge in [0.25, 0.3) is 0 Å². The van der Waals surface area contributed by atoms with Gasteiger partial charge in [-0.15, -0.1) is 0 Å². The number of carbonyl (C=O) groups is 1. The maximum Gasteiger partial charge on any atom is 0.412 e. The Morgan fingerprint density at radius 2 is 2.18 bits per heavy atom. The molecule has 1 rings (SSSR count). The molecule has 0 aromatic carbocycles. The summed E-state index contributed by atoms with van der Waals surface area (Å²) in [5.74, 6) is 0. The van der Waals surface area contributed by atoms with Crippen LogP contribution in [0.3, 0.4) is 0 Å². The zero-order valence-electron chi connectivity index (χ0n) is 10.3. The molecule has 0 aliphatic heterocycles. The van der Waals surface area contributed by atoms with E-state index in [0.717, 1.165) is 0 Å². The van der Waals surface area contributed by atoms with Crippen LogP contribution < -0.4 is 11.1 Å². The van der Waals surface area contributed by atoms with Gasteiger partial charge in [-0.1, -0.05) is 12.2 Å². The molecule has 1 heterocycles. The number of anilines is 1. The lowest BCUT2D eigenvalue weighted by Gasteiger charge is -2.19. The van der Waals surface area contributed by atoms with Gasteiger partial charge in [0.05, 0.1) is 11.9 Å². The summed E-state index contributed by atoms with van der Waals surface area (Å²) in [6, 6.07) is 0. The zero-order chi connectivity index (χ0) is 13.2. The monoisotopic (exact) mass is 256 g/mol. The van der Waals surface area contributed by atoms with E-state index in [-0.39, 0.29) is 4.99 Å². The van der Waals surface area contributed by atoms with E-state index in [9.17, 15) is 4.79 Å². The highest BCUT2D eigenvalue weighted by Crippen LogP contribution is 2.15. The lowest BCUT2D eigenvalue weighted by Crippen LogP contribution is -2.28. The second kappa shape index (κ2) is 4.70. The molecule has 1 aromatic rings. The van der Waals surface area contributed by atoms with Crippen LogP contribution >= 0.6 is 12.2 Å². The number of nitrogens with one attached hydrogen (secondary N) is 1. The molecule has 17 heavy (non-hydrogen) atoms. The number of hydrogen-bond acceptors (Lipinski definition) is 4. The lowest BCUT2D eigenvalue weighted by atomic mass is 10.2. The van der Waals surface area contributed by atoms with Crippen molar-refractivity contribution in [1.29, 1.82) is 0 Å². The van der Waals surface area contributed by atoms with Crippen molar-refractivity contribution >= 4 is 29.0 Å². The average Bonchev–Trinajstić information content (AvgIpc) is 2.42. The first-order valence-corrected chi connectivity index (χ1v) is 5.43. The Balaban J connectivity index is 2.83. The molecule has 0 aliphatic rings. The van der Waals surface area contributed by atoms with Crippen molar-refractivity contribution in [3.8, 4) is 0 Å². The molecule has 0 radical (unpaired) electrons. The molecule has 0 saturated carbocycles. The fraction of sp³-hybridized carbons (Fsp3) is 0.500. The van der Waals surface area contributed by atoms with Crippen LogP contribution in [0.4, 0.5) is 10.5 Å². The van der Waals surface area contributed by atoms with Crippen LogP contribution in [0.15, 0.2) is 6.20 Å². The summed E-state index contributed by atoms with van der Waals surface area (Å²) >= 11 is 4.88. The van der Waals surface area contributed by atoms with Gasteiger partial charge in [0.2, 0.25) is 0 Å². The molecular weight excluding hydrogens is 240 g/mol. The fourth-order valence-corrected chi connectivity index (χ4v) is 1.48. The predicted molar refractivity (Wildman–Crippen MR) is 69.0 cm³/mol. The summed E-state index contributed by atoms with van der Waals surface area (Å²) in [5, 5.41) is 6.52. The maximum atomic E-state index is 11.6. The van der Waals surface area contributed by atoms with Gasteiger partial charge in [-0.2, -0.15) is 5.10 Å². The molecule has 0 atom stereocenters. The van der Waals surface area contributed by atoms with E-state index in [1.165, 1.54) is 10.9 Å². The number of aromatic nitrogens is 2. The van der Waals surface area contributed by atoms with Gasteiger partial charge in [-0.25, -0.2) is 4.79 Å². The second-order valence-electron chi connectivity index (χ2n) is 4.52. The normalized spacial score (nSPS) is 11.1. The highest BCUT2D eigenvalue weighted by Gasteiger charge is 2.19. The Kier molecular flexibility index (Phi) is 3.72. The highest BCUT2D eigenvalue weighted by molar-refractivity contribution is 7.80. The van der Waals surface area contributed by atoms with Crippen molar-refractivity contribution in [1.82, 2.24) is 9.78 Å². The van der Waals surface area contributed by atoms with Crippen LogP contribution in [0.5, 0.6) is 0 Å². The summed E-state index contributed by atoms with van der Waals surface area (Å²) in [6.45, 7) is 5.35. The highest BCUT2D eigenvalue weighted by atomic mass is 32.1. The van der Waals surface area contributed by atoms with Crippen LogP contribution in [0.25, 0.3) is 0 Å². The summed E-state index contributed by atoms with van der Waals surface area (Å²) < 4.78 is 6.61. The van der Waals surface area contributed by atoms with Gasteiger partial charge in [0.1, 0.15) is 16.3 Å². The van der Waals surface area contributed by atoms with Gasteiger partial charge in [0, 0.05) is 7.05 Å².